The number of anilines is 1. The number of hydrogen-bond donors (Lipinski definition) is 1. The second-order valence-corrected chi connectivity index (χ2v) is 5.31. The van der Waals surface area contributed by atoms with Crippen LogP contribution < -0.4 is 4.90 Å². The quantitative estimate of drug-likeness (QED) is 0.906. The smallest absolute Gasteiger partial charge is 0.101 e. The lowest BCUT2D eigenvalue weighted by atomic mass is 9.98. The Balaban J connectivity index is 2.19. The molecule has 0 amide bonds. The van der Waals surface area contributed by atoms with Gasteiger partial charge in [-0.3, -0.25) is 0 Å². The van der Waals surface area contributed by atoms with Gasteiger partial charge in [0.15, 0.2) is 0 Å². The van der Waals surface area contributed by atoms with Gasteiger partial charge in [0.1, 0.15) is 6.07 Å². The van der Waals surface area contributed by atoms with Crippen LogP contribution in [0.5, 0.6) is 0 Å². The highest BCUT2D eigenvalue weighted by molar-refractivity contribution is 5.60. The van der Waals surface area contributed by atoms with E-state index in [1.807, 2.05) is 12.1 Å². The van der Waals surface area contributed by atoms with E-state index in [1.54, 1.807) is 6.07 Å². The van der Waals surface area contributed by atoms with Crippen LogP contribution in [0.1, 0.15) is 43.7 Å². The van der Waals surface area contributed by atoms with Crippen molar-refractivity contribution in [2.75, 3.05) is 18.0 Å². The molecule has 0 radical (unpaired) electrons. The molecule has 0 aromatic heterocycles. The molecule has 19 heavy (non-hydrogen) atoms. The lowest BCUT2D eigenvalue weighted by molar-refractivity contribution is 0.282. The Bertz CT molecular complexity index is 464. The van der Waals surface area contributed by atoms with Crippen LogP contribution >= 0.6 is 0 Å². The van der Waals surface area contributed by atoms with Gasteiger partial charge in [-0.2, -0.15) is 5.26 Å². The van der Waals surface area contributed by atoms with E-state index < -0.39 is 0 Å². The van der Waals surface area contributed by atoms with Crippen LogP contribution in [0.4, 0.5) is 5.69 Å². The number of rotatable bonds is 3. The van der Waals surface area contributed by atoms with E-state index in [1.165, 1.54) is 25.7 Å². The van der Waals surface area contributed by atoms with Crippen molar-refractivity contribution in [1.29, 1.82) is 5.26 Å². The summed E-state index contributed by atoms with van der Waals surface area (Å²) in [4.78, 5) is 2.33. The molecule has 1 N–H and O–H groups in total. The van der Waals surface area contributed by atoms with E-state index in [0.717, 1.165) is 30.3 Å². The zero-order valence-corrected chi connectivity index (χ0v) is 11.6. The van der Waals surface area contributed by atoms with Crippen molar-refractivity contribution in [2.45, 2.75) is 39.2 Å². The highest BCUT2D eigenvalue weighted by Crippen LogP contribution is 2.27. The minimum Gasteiger partial charge on any atom is -0.392 e. The van der Waals surface area contributed by atoms with Gasteiger partial charge >= 0.3 is 0 Å². The Kier molecular flexibility index (Phi) is 4.81. The summed E-state index contributed by atoms with van der Waals surface area (Å²) >= 11 is 0. The van der Waals surface area contributed by atoms with Gasteiger partial charge in [-0.1, -0.05) is 19.4 Å². The molecule has 1 aromatic rings. The molecule has 3 nitrogen and oxygen atoms in total. The van der Waals surface area contributed by atoms with E-state index in [9.17, 15) is 5.26 Å². The summed E-state index contributed by atoms with van der Waals surface area (Å²) in [6.45, 7) is 4.32. The minimum atomic E-state index is -0.00707. The molecule has 1 aliphatic rings. The van der Waals surface area contributed by atoms with E-state index in [0.29, 0.717) is 5.56 Å². The first-order valence-corrected chi connectivity index (χ1v) is 7.17. The highest BCUT2D eigenvalue weighted by Gasteiger charge is 2.18. The fourth-order valence-corrected chi connectivity index (χ4v) is 2.86. The SMILES string of the molecule is CCC1CCCN(c2ccc(CO)cc2C#N)CC1. The molecule has 102 valence electrons. The second kappa shape index (κ2) is 6.58. The lowest BCUT2D eigenvalue weighted by Crippen LogP contribution is -2.25. The number of hydrogen-bond acceptors (Lipinski definition) is 3. The summed E-state index contributed by atoms with van der Waals surface area (Å²) < 4.78 is 0. The van der Waals surface area contributed by atoms with Crippen molar-refractivity contribution in [3.8, 4) is 6.07 Å². The van der Waals surface area contributed by atoms with E-state index >= 15 is 0 Å². The summed E-state index contributed by atoms with van der Waals surface area (Å²) in [6, 6.07) is 7.96. The van der Waals surface area contributed by atoms with Gasteiger partial charge in [-0.05, 0) is 42.9 Å². The van der Waals surface area contributed by atoms with Crippen molar-refractivity contribution in [2.24, 2.45) is 5.92 Å². The molecule has 1 aliphatic heterocycles. The molecule has 2 rings (SSSR count). The standard InChI is InChI=1S/C16H22N2O/c1-2-13-4-3-8-18(9-7-13)16-6-5-14(12-19)10-15(16)11-17/h5-6,10,13,19H,2-4,7-9,12H2,1H3. The molecule has 1 fully saturated rings. The summed E-state index contributed by atoms with van der Waals surface area (Å²) in [5.74, 6) is 0.826. The Morgan fingerprint density at radius 1 is 1.37 bits per heavy atom. The lowest BCUT2D eigenvalue weighted by Gasteiger charge is -2.24. The monoisotopic (exact) mass is 258 g/mol. The Hall–Kier alpha value is -1.53. The Morgan fingerprint density at radius 3 is 2.89 bits per heavy atom. The van der Waals surface area contributed by atoms with Gasteiger partial charge in [0.25, 0.3) is 0 Å². The average Bonchev–Trinajstić information content (AvgIpc) is 2.71. The first kappa shape index (κ1) is 13.9. The molecule has 1 saturated heterocycles. The fraction of sp³-hybridized carbons (Fsp3) is 0.562. The van der Waals surface area contributed by atoms with Crippen molar-refractivity contribution in [1.82, 2.24) is 0 Å². The molecular formula is C16H22N2O. The maximum atomic E-state index is 9.28. The fourth-order valence-electron chi connectivity index (χ4n) is 2.86. The summed E-state index contributed by atoms with van der Waals surface area (Å²) in [6.07, 6.45) is 4.96. The predicted octanol–water partition coefficient (Wildman–Crippen LogP) is 3.07. The Labute approximate surface area is 115 Å². The van der Waals surface area contributed by atoms with Crippen LogP contribution in [0, 0.1) is 17.2 Å². The van der Waals surface area contributed by atoms with Crippen LogP contribution in [0.15, 0.2) is 18.2 Å². The molecular weight excluding hydrogens is 236 g/mol. The van der Waals surface area contributed by atoms with Crippen molar-refractivity contribution in [3.63, 3.8) is 0 Å². The Morgan fingerprint density at radius 2 is 2.21 bits per heavy atom. The van der Waals surface area contributed by atoms with Gasteiger partial charge in [-0.25, -0.2) is 0 Å². The third-order valence-electron chi connectivity index (χ3n) is 4.13. The van der Waals surface area contributed by atoms with Gasteiger partial charge in [0, 0.05) is 13.1 Å². The van der Waals surface area contributed by atoms with Gasteiger partial charge in [0.2, 0.25) is 0 Å². The largest absolute Gasteiger partial charge is 0.392 e. The van der Waals surface area contributed by atoms with Crippen LogP contribution in [-0.2, 0) is 6.61 Å². The molecule has 1 atom stereocenters. The van der Waals surface area contributed by atoms with Crippen LogP contribution in [0.2, 0.25) is 0 Å². The molecule has 1 aromatic carbocycles. The first-order valence-electron chi connectivity index (χ1n) is 7.17. The topological polar surface area (TPSA) is 47.3 Å². The number of aliphatic hydroxyl groups is 1. The van der Waals surface area contributed by atoms with Gasteiger partial charge in [0.05, 0.1) is 17.9 Å². The van der Waals surface area contributed by atoms with Gasteiger partial charge in [-0.15, -0.1) is 0 Å². The zero-order valence-electron chi connectivity index (χ0n) is 11.6. The number of aliphatic hydroxyl groups excluding tert-OH is 1. The summed E-state index contributed by atoms with van der Waals surface area (Å²) in [7, 11) is 0. The minimum absolute atomic E-state index is 0.00707. The van der Waals surface area contributed by atoms with E-state index in [4.69, 9.17) is 5.11 Å². The third kappa shape index (κ3) is 3.27. The molecule has 3 heteroatoms. The molecule has 0 aliphatic carbocycles. The molecule has 1 heterocycles. The average molecular weight is 258 g/mol. The maximum Gasteiger partial charge on any atom is 0.101 e. The highest BCUT2D eigenvalue weighted by atomic mass is 16.3. The third-order valence-corrected chi connectivity index (χ3v) is 4.13. The van der Waals surface area contributed by atoms with Crippen molar-refractivity contribution < 1.29 is 5.11 Å². The normalized spacial score (nSPS) is 19.8. The van der Waals surface area contributed by atoms with Crippen molar-refractivity contribution in [3.05, 3.63) is 29.3 Å². The summed E-state index contributed by atoms with van der Waals surface area (Å²) in [5, 5.41) is 18.4. The number of nitriles is 1. The van der Waals surface area contributed by atoms with Crippen LogP contribution in [0.25, 0.3) is 0 Å². The van der Waals surface area contributed by atoms with Crippen LogP contribution in [0.3, 0.4) is 0 Å². The van der Waals surface area contributed by atoms with Crippen molar-refractivity contribution >= 4 is 5.69 Å². The van der Waals surface area contributed by atoms with E-state index in [-0.39, 0.29) is 6.61 Å². The maximum absolute atomic E-state index is 9.28. The number of nitrogens with zero attached hydrogens (tertiary/aromatic N) is 2. The van der Waals surface area contributed by atoms with Crippen LogP contribution in [-0.4, -0.2) is 18.2 Å². The molecule has 0 saturated carbocycles. The molecule has 0 bridgehead atoms. The summed E-state index contributed by atoms with van der Waals surface area (Å²) in [5.41, 5.74) is 2.51. The first-order chi connectivity index (χ1) is 9.28. The predicted molar refractivity (Wildman–Crippen MR) is 76.9 cm³/mol. The second-order valence-electron chi connectivity index (χ2n) is 5.31. The number of benzene rings is 1. The van der Waals surface area contributed by atoms with E-state index in [2.05, 4.69) is 17.9 Å². The zero-order chi connectivity index (χ0) is 13.7. The molecule has 1 unspecified atom stereocenters. The van der Waals surface area contributed by atoms with Gasteiger partial charge < -0.3 is 10.0 Å². The molecule has 0 spiro atoms.